The van der Waals surface area contributed by atoms with E-state index in [1.54, 1.807) is 6.07 Å². The summed E-state index contributed by atoms with van der Waals surface area (Å²) in [6.07, 6.45) is 4.60. The van der Waals surface area contributed by atoms with Crippen molar-refractivity contribution in [2.75, 3.05) is 0 Å². The Kier molecular flexibility index (Phi) is 2.58. The first-order valence-corrected chi connectivity index (χ1v) is 5.35. The number of nitrogens with zero attached hydrogens (tertiary/aromatic N) is 2. The van der Waals surface area contributed by atoms with E-state index in [1.807, 2.05) is 10.7 Å². The molecule has 0 aliphatic heterocycles. The summed E-state index contributed by atoms with van der Waals surface area (Å²) in [6, 6.07) is 1.63. The average Bonchev–Trinajstić information content (AvgIpc) is 2.61. The lowest BCUT2D eigenvalue weighted by Crippen LogP contribution is -2.12. The molecule has 2 aromatic heterocycles. The first-order valence-electron chi connectivity index (χ1n) is 5.35. The van der Waals surface area contributed by atoms with Gasteiger partial charge in [-0.3, -0.25) is 4.79 Å². The van der Waals surface area contributed by atoms with E-state index >= 15 is 0 Å². The molecule has 0 aromatic carbocycles. The molecule has 2 aromatic rings. The fourth-order valence-electron chi connectivity index (χ4n) is 1.79. The molecule has 0 aliphatic carbocycles. The molecule has 2 rings (SSSR count). The van der Waals surface area contributed by atoms with Gasteiger partial charge in [-0.2, -0.15) is 5.10 Å². The minimum absolute atomic E-state index is 0.0406. The quantitative estimate of drug-likeness (QED) is 0.826. The second kappa shape index (κ2) is 3.88. The van der Waals surface area contributed by atoms with Crippen LogP contribution in [-0.2, 0) is 12.8 Å². The third-order valence-electron chi connectivity index (χ3n) is 2.54. The first-order chi connectivity index (χ1) is 7.26. The maximum absolute atomic E-state index is 11.4. The molecule has 2 heterocycles. The van der Waals surface area contributed by atoms with E-state index in [1.165, 1.54) is 0 Å². The van der Waals surface area contributed by atoms with Crippen molar-refractivity contribution in [3.8, 4) is 0 Å². The highest BCUT2D eigenvalue weighted by Gasteiger charge is 2.07. The molecule has 0 saturated carbocycles. The molecule has 0 radical (unpaired) electrons. The van der Waals surface area contributed by atoms with Gasteiger partial charge in [-0.15, -0.1) is 0 Å². The van der Waals surface area contributed by atoms with Crippen LogP contribution in [-0.4, -0.2) is 14.6 Å². The Labute approximate surface area is 87.9 Å². The Hall–Kier alpha value is -1.58. The van der Waals surface area contributed by atoms with Gasteiger partial charge >= 0.3 is 0 Å². The molecule has 1 N–H and O–H groups in total. The van der Waals surface area contributed by atoms with Crippen molar-refractivity contribution >= 4 is 5.65 Å². The zero-order chi connectivity index (χ0) is 10.8. The minimum atomic E-state index is -0.0406. The second-order valence-corrected chi connectivity index (χ2v) is 3.66. The molecule has 0 fully saturated rings. The fourth-order valence-corrected chi connectivity index (χ4v) is 1.79. The highest BCUT2D eigenvalue weighted by molar-refractivity contribution is 5.46. The monoisotopic (exact) mass is 205 g/mol. The van der Waals surface area contributed by atoms with Crippen LogP contribution in [0.3, 0.4) is 0 Å². The Bertz CT molecular complexity index is 524. The molecule has 80 valence electrons. The molecule has 0 aliphatic rings. The summed E-state index contributed by atoms with van der Waals surface area (Å²) in [4.78, 5) is 14.3. The number of H-pyrrole nitrogens is 1. The standard InChI is InChI=1S/C11H15N3O/c1-3-5-9-6-10(15)13-11-8(4-2)7-12-14(9)11/h6-7H,3-5H2,1-2H3,(H,13,15). The van der Waals surface area contributed by atoms with E-state index in [-0.39, 0.29) is 5.56 Å². The number of hydrogen-bond donors (Lipinski definition) is 1. The van der Waals surface area contributed by atoms with Crippen molar-refractivity contribution in [2.24, 2.45) is 0 Å². The van der Waals surface area contributed by atoms with Crippen molar-refractivity contribution in [2.45, 2.75) is 33.1 Å². The fraction of sp³-hybridized carbons (Fsp3) is 0.455. The van der Waals surface area contributed by atoms with E-state index in [2.05, 4.69) is 23.9 Å². The summed E-state index contributed by atoms with van der Waals surface area (Å²) in [5.74, 6) is 0. The zero-order valence-corrected chi connectivity index (χ0v) is 9.08. The maximum Gasteiger partial charge on any atom is 0.251 e. The highest BCUT2D eigenvalue weighted by Crippen LogP contribution is 2.09. The molecule has 0 bridgehead atoms. The molecule has 4 heteroatoms. The van der Waals surface area contributed by atoms with Crippen LogP contribution < -0.4 is 5.56 Å². The normalized spacial score (nSPS) is 11.1. The lowest BCUT2D eigenvalue weighted by molar-refractivity contribution is 0.791. The van der Waals surface area contributed by atoms with Gasteiger partial charge < -0.3 is 4.98 Å². The van der Waals surface area contributed by atoms with Crippen molar-refractivity contribution in [3.63, 3.8) is 0 Å². The van der Waals surface area contributed by atoms with Crippen molar-refractivity contribution in [1.82, 2.24) is 14.6 Å². The van der Waals surface area contributed by atoms with Gasteiger partial charge in [0.05, 0.1) is 6.20 Å². The Morgan fingerprint density at radius 3 is 2.93 bits per heavy atom. The van der Waals surface area contributed by atoms with Crippen LogP contribution in [0, 0.1) is 0 Å². The molecule has 0 amide bonds. The highest BCUT2D eigenvalue weighted by atomic mass is 16.1. The number of aromatic nitrogens is 3. The SMILES string of the molecule is CCCc1cc(=O)[nH]c2c(CC)cnn12. The third-order valence-corrected chi connectivity index (χ3v) is 2.54. The first kappa shape index (κ1) is 9.96. The number of aromatic amines is 1. The molecule has 15 heavy (non-hydrogen) atoms. The van der Waals surface area contributed by atoms with E-state index in [0.717, 1.165) is 36.2 Å². The minimum Gasteiger partial charge on any atom is -0.307 e. The number of rotatable bonds is 3. The van der Waals surface area contributed by atoms with Crippen molar-refractivity contribution in [3.05, 3.63) is 33.9 Å². The summed E-state index contributed by atoms with van der Waals surface area (Å²) in [7, 11) is 0. The Balaban J connectivity index is 2.70. The molecular weight excluding hydrogens is 190 g/mol. The van der Waals surface area contributed by atoms with Crippen LogP contribution in [0.15, 0.2) is 17.1 Å². The van der Waals surface area contributed by atoms with Gasteiger partial charge in [-0.25, -0.2) is 4.52 Å². The lowest BCUT2D eigenvalue weighted by Gasteiger charge is -2.02. The molecule has 0 spiro atoms. The summed E-state index contributed by atoms with van der Waals surface area (Å²) in [5.41, 5.74) is 2.87. The Morgan fingerprint density at radius 1 is 1.47 bits per heavy atom. The molecular formula is C11H15N3O. The predicted molar refractivity (Wildman–Crippen MR) is 59.2 cm³/mol. The van der Waals surface area contributed by atoms with E-state index in [4.69, 9.17) is 0 Å². The van der Waals surface area contributed by atoms with Crippen LogP contribution in [0.1, 0.15) is 31.5 Å². The smallest absolute Gasteiger partial charge is 0.251 e. The van der Waals surface area contributed by atoms with Gasteiger partial charge in [0.2, 0.25) is 0 Å². The van der Waals surface area contributed by atoms with Gasteiger partial charge in [0, 0.05) is 17.3 Å². The topological polar surface area (TPSA) is 50.2 Å². The average molecular weight is 205 g/mol. The lowest BCUT2D eigenvalue weighted by atomic mass is 10.2. The zero-order valence-electron chi connectivity index (χ0n) is 9.08. The van der Waals surface area contributed by atoms with Crippen LogP contribution in [0.5, 0.6) is 0 Å². The Morgan fingerprint density at radius 2 is 2.27 bits per heavy atom. The number of fused-ring (bicyclic) bond motifs is 1. The predicted octanol–water partition coefficient (Wildman–Crippen LogP) is 1.54. The second-order valence-electron chi connectivity index (χ2n) is 3.66. The number of aryl methyl sites for hydroxylation is 2. The van der Waals surface area contributed by atoms with Gasteiger partial charge in [-0.1, -0.05) is 20.3 Å². The summed E-state index contributed by atoms with van der Waals surface area (Å²) < 4.78 is 1.84. The largest absolute Gasteiger partial charge is 0.307 e. The van der Waals surface area contributed by atoms with Crippen LogP contribution in [0.25, 0.3) is 5.65 Å². The molecule has 0 saturated heterocycles. The van der Waals surface area contributed by atoms with Crippen LogP contribution in [0.4, 0.5) is 0 Å². The summed E-state index contributed by atoms with van der Waals surface area (Å²) in [5, 5.41) is 4.30. The van der Waals surface area contributed by atoms with Gasteiger partial charge in [0.1, 0.15) is 5.65 Å². The molecule has 0 unspecified atom stereocenters. The van der Waals surface area contributed by atoms with E-state index in [0.29, 0.717) is 0 Å². The summed E-state index contributed by atoms with van der Waals surface area (Å²) in [6.45, 7) is 4.15. The summed E-state index contributed by atoms with van der Waals surface area (Å²) >= 11 is 0. The maximum atomic E-state index is 11.4. The van der Waals surface area contributed by atoms with Crippen LogP contribution in [0.2, 0.25) is 0 Å². The molecule has 0 atom stereocenters. The third kappa shape index (κ3) is 1.67. The van der Waals surface area contributed by atoms with Crippen molar-refractivity contribution in [1.29, 1.82) is 0 Å². The number of hydrogen-bond acceptors (Lipinski definition) is 2. The van der Waals surface area contributed by atoms with Gasteiger partial charge in [-0.05, 0) is 12.8 Å². The van der Waals surface area contributed by atoms with Gasteiger partial charge in [0.25, 0.3) is 5.56 Å². The number of nitrogens with one attached hydrogen (secondary N) is 1. The van der Waals surface area contributed by atoms with Gasteiger partial charge in [0.15, 0.2) is 0 Å². The van der Waals surface area contributed by atoms with E-state index in [9.17, 15) is 4.79 Å². The molecule has 4 nitrogen and oxygen atoms in total. The van der Waals surface area contributed by atoms with Crippen molar-refractivity contribution < 1.29 is 0 Å². The van der Waals surface area contributed by atoms with Crippen LogP contribution >= 0.6 is 0 Å². The van der Waals surface area contributed by atoms with E-state index < -0.39 is 0 Å².